The fourth-order valence-corrected chi connectivity index (χ4v) is 2.95. The molecule has 1 aliphatic rings. The number of fused-ring (bicyclic) bond motifs is 2. The van der Waals surface area contributed by atoms with Crippen molar-refractivity contribution < 1.29 is 14.3 Å². The number of rotatable bonds is 1. The number of carbonyl (C=O) groups excluding carboxylic acids is 1. The highest BCUT2D eigenvalue weighted by molar-refractivity contribution is 6.30. The summed E-state index contributed by atoms with van der Waals surface area (Å²) in [5, 5.41) is 10.6. The topological polar surface area (TPSA) is 89.4 Å². The number of nitrogen functional groups attached to an aromatic ring is 1. The number of allylic oxidation sites excluding steroid dienone is 1. The van der Waals surface area contributed by atoms with Gasteiger partial charge < -0.3 is 15.3 Å². The summed E-state index contributed by atoms with van der Waals surface area (Å²) in [5.41, 5.74) is 8.92. The number of hydrogen-bond acceptors (Lipinski definition) is 5. The first-order valence-corrected chi connectivity index (χ1v) is 7.29. The summed E-state index contributed by atoms with van der Waals surface area (Å²) in [6.45, 7) is 1.81. The molecule has 3 aromatic rings. The summed E-state index contributed by atoms with van der Waals surface area (Å²) in [4.78, 5) is 17.0. The van der Waals surface area contributed by atoms with E-state index in [4.69, 9.17) is 10.2 Å². The third kappa shape index (κ3) is 1.93. The van der Waals surface area contributed by atoms with Crippen LogP contribution in [0.2, 0.25) is 0 Å². The summed E-state index contributed by atoms with van der Waals surface area (Å²) in [7, 11) is 0. The van der Waals surface area contributed by atoms with Gasteiger partial charge in [-0.2, -0.15) is 0 Å². The van der Waals surface area contributed by atoms with Crippen LogP contribution in [0.4, 0.5) is 5.69 Å². The van der Waals surface area contributed by atoms with Crippen LogP contribution in [0.25, 0.3) is 22.4 Å². The number of benzene rings is 2. The molecule has 0 amide bonds. The quantitative estimate of drug-likeness (QED) is 0.671. The second-order valence-electron chi connectivity index (χ2n) is 5.64. The predicted octanol–water partition coefficient (Wildman–Crippen LogP) is 3.52. The van der Waals surface area contributed by atoms with Gasteiger partial charge in [-0.3, -0.25) is 4.79 Å². The number of aliphatic hydroxyl groups excluding tert-OH is 1. The van der Waals surface area contributed by atoms with Crippen LogP contribution in [0.1, 0.15) is 29.9 Å². The Morgan fingerprint density at radius 2 is 2.00 bits per heavy atom. The number of ketones is 1. The van der Waals surface area contributed by atoms with Crippen LogP contribution in [-0.4, -0.2) is 15.9 Å². The van der Waals surface area contributed by atoms with Crippen molar-refractivity contribution >= 4 is 33.9 Å². The molecule has 0 spiro atoms. The zero-order valence-electron chi connectivity index (χ0n) is 12.4. The lowest BCUT2D eigenvalue weighted by molar-refractivity contribution is -0.114. The molecule has 1 aliphatic carbocycles. The number of Topliss-reactive ketones (excluding diaryl/α,β-unsaturated/α-hetero) is 1. The Morgan fingerprint density at radius 3 is 2.83 bits per heavy atom. The highest BCUT2D eigenvalue weighted by atomic mass is 16.4. The Kier molecular flexibility index (Phi) is 2.78. The van der Waals surface area contributed by atoms with Crippen LogP contribution in [-0.2, 0) is 4.79 Å². The van der Waals surface area contributed by atoms with Gasteiger partial charge in [0.25, 0.3) is 0 Å². The molecule has 5 heteroatoms. The smallest absolute Gasteiger partial charge is 0.234 e. The van der Waals surface area contributed by atoms with E-state index in [0.29, 0.717) is 22.4 Å². The Balaban J connectivity index is 1.97. The lowest BCUT2D eigenvalue weighted by Crippen LogP contribution is -2.19. The first-order chi connectivity index (χ1) is 11.1. The number of oxazole rings is 1. The number of anilines is 1. The maximum absolute atomic E-state index is 12.7. The largest absolute Gasteiger partial charge is 0.506 e. The van der Waals surface area contributed by atoms with Gasteiger partial charge in [0.1, 0.15) is 16.8 Å². The van der Waals surface area contributed by atoms with Crippen molar-refractivity contribution in [2.24, 2.45) is 0 Å². The van der Waals surface area contributed by atoms with Gasteiger partial charge in [0.05, 0.1) is 0 Å². The third-order valence-corrected chi connectivity index (χ3v) is 4.19. The molecule has 114 valence electrons. The standard InChI is InChI=1S/C18H14N2O3/c1-9-11-4-2-3-5-12(11)17(22)15(16(9)21)18-20-13-7-6-10(19)8-14(13)23-18/h2-9,22H,19H2,1H3. The molecule has 0 bridgehead atoms. The van der Waals surface area contributed by atoms with Crippen molar-refractivity contribution in [1.82, 2.24) is 4.98 Å². The Bertz CT molecular complexity index is 985. The van der Waals surface area contributed by atoms with E-state index in [1.165, 1.54) is 0 Å². The molecule has 3 N–H and O–H groups in total. The van der Waals surface area contributed by atoms with Gasteiger partial charge >= 0.3 is 0 Å². The molecule has 1 unspecified atom stereocenters. The van der Waals surface area contributed by atoms with Gasteiger partial charge in [-0.25, -0.2) is 4.98 Å². The molecule has 4 rings (SSSR count). The zero-order chi connectivity index (χ0) is 16.1. The number of nitrogens with zero attached hydrogens (tertiary/aromatic N) is 1. The van der Waals surface area contributed by atoms with Crippen LogP contribution < -0.4 is 5.73 Å². The molecule has 1 atom stereocenters. The Morgan fingerprint density at radius 1 is 1.22 bits per heavy atom. The Labute approximate surface area is 132 Å². The SMILES string of the molecule is CC1C(=O)C(c2nc3ccc(N)cc3o2)=C(O)c2ccccc21. The van der Waals surface area contributed by atoms with Crippen LogP contribution in [0.5, 0.6) is 0 Å². The van der Waals surface area contributed by atoms with Crippen LogP contribution in [0.15, 0.2) is 46.9 Å². The summed E-state index contributed by atoms with van der Waals surface area (Å²) in [6.07, 6.45) is 0. The van der Waals surface area contributed by atoms with E-state index in [1.54, 1.807) is 24.3 Å². The fourth-order valence-electron chi connectivity index (χ4n) is 2.95. The molecule has 0 radical (unpaired) electrons. The molecule has 5 nitrogen and oxygen atoms in total. The molecule has 23 heavy (non-hydrogen) atoms. The van der Waals surface area contributed by atoms with E-state index in [1.807, 2.05) is 25.1 Å². The average Bonchev–Trinajstić information content (AvgIpc) is 2.95. The highest BCUT2D eigenvalue weighted by Crippen LogP contribution is 2.39. The average molecular weight is 306 g/mol. The molecule has 0 aliphatic heterocycles. The monoisotopic (exact) mass is 306 g/mol. The van der Waals surface area contributed by atoms with Crippen LogP contribution in [0.3, 0.4) is 0 Å². The van der Waals surface area contributed by atoms with Crippen LogP contribution in [0, 0.1) is 0 Å². The van der Waals surface area contributed by atoms with Gasteiger partial charge in [-0.05, 0) is 17.7 Å². The lowest BCUT2D eigenvalue weighted by Gasteiger charge is -2.22. The molecular formula is C18H14N2O3. The lowest BCUT2D eigenvalue weighted by atomic mass is 9.82. The number of aromatic nitrogens is 1. The van der Waals surface area contributed by atoms with Gasteiger partial charge in [0, 0.05) is 23.2 Å². The van der Waals surface area contributed by atoms with Crippen LogP contribution >= 0.6 is 0 Å². The Hall–Kier alpha value is -3.08. The van der Waals surface area contributed by atoms with E-state index >= 15 is 0 Å². The van der Waals surface area contributed by atoms with E-state index in [2.05, 4.69) is 4.98 Å². The maximum Gasteiger partial charge on any atom is 0.234 e. The minimum absolute atomic E-state index is 0.0942. The van der Waals surface area contributed by atoms with Gasteiger partial charge in [0.15, 0.2) is 11.4 Å². The molecule has 1 aromatic heterocycles. The minimum Gasteiger partial charge on any atom is -0.506 e. The number of carbonyl (C=O) groups is 1. The van der Waals surface area contributed by atoms with Crippen molar-refractivity contribution in [3.8, 4) is 0 Å². The van der Waals surface area contributed by atoms with Crippen molar-refractivity contribution in [3.63, 3.8) is 0 Å². The maximum atomic E-state index is 12.7. The van der Waals surface area contributed by atoms with E-state index < -0.39 is 0 Å². The van der Waals surface area contributed by atoms with Crippen molar-refractivity contribution in [2.75, 3.05) is 5.73 Å². The van der Waals surface area contributed by atoms with Crippen molar-refractivity contribution in [3.05, 3.63) is 59.5 Å². The summed E-state index contributed by atoms with van der Waals surface area (Å²) < 4.78 is 5.66. The van der Waals surface area contributed by atoms with Gasteiger partial charge in [-0.1, -0.05) is 31.2 Å². The van der Waals surface area contributed by atoms with Crippen molar-refractivity contribution in [2.45, 2.75) is 12.8 Å². The predicted molar refractivity (Wildman–Crippen MR) is 87.7 cm³/mol. The summed E-state index contributed by atoms with van der Waals surface area (Å²) >= 11 is 0. The summed E-state index contributed by atoms with van der Waals surface area (Å²) in [5.74, 6) is -0.546. The van der Waals surface area contributed by atoms with E-state index in [-0.39, 0.29) is 28.9 Å². The van der Waals surface area contributed by atoms with Crippen molar-refractivity contribution in [1.29, 1.82) is 0 Å². The van der Waals surface area contributed by atoms with Gasteiger partial charge in [-0.15, -0.1) is 0 Å². The zero-order valence-corrected chi connectivity index (χ0v) is 12.4. The molecular weight excluding hydrogens is 292 g/mol. The first-order valence-electron chi connectivity index (χ1n) is 7.29. The van der Waals surface area contributed by atoms with E-state index in [9.17, 15) is 9.90 Å². The molecule has 2 aromatic carbocycles. The third-order valence-electron chi connectivity index (χ3n) is 4.19. The molecule has 0 fully saturated rings. The van der Waals surface area contributed by atoms with Gasteiger partial charge in [0.2, 0.25) is 5.89 Å². The number of nitrogens with two attached hydrogens (primary N) is 1. The number of hydrogen-bond donors (Lipinski definition) is 2. The fraction of sp³-hybridized carbons (Fsp3) is 0.111. The highest BCUT2D eigenvalue weighted by Gasteiger charge is 2.34. The second kappa shape index (κ2) is 4.71. The summed E-state index contributed by atoms with van der Waals surface area (Å²) in [6, 6.07) is 12.4. The second-order valence-corrected chi connectivity index (χ2v) is 5.64. The number of aliphatic hydroxyl groups is 1. The molecule has 1 heterocycles. The van der Waals surface area contributed by atoms with E-state index in [0.717, 1.165) is 5.56 Å². The normalized spacial score (nSPS) is 17.6. The minimum atomic E-state index is -0.364. The first kappa shape index (κ1) is 13.6. The molecule has 0 saturated heterocycles. The molecule has 0 saturated carbocycles.